The van der Waals surface area contributed by atoms with Crippen LogP contribution in [-0.4, -0.2) is 20.6 Å². The first-order valence-electron chi connectivity index (χ1n) is 9.70. The second kappa shape index (κ2) is 7.39. The molecule has 3 heterocycles. The van der Waals surface area contributed by atoms with Gasteiger partial charge in [0.05, 0.1) is 6.04 Å². The highest BCUT2D eigenvalue weighted by Gasteiger charge is 2.26. The second-order valence-corrected chi connectivity index (χ2v) is 7.19. The predicted molar refractivity (Wildman–Crippen MR) is 108 cm³/mol. The minimum atomic E-state index is -0.251. The first-order chi connectivity index (χ1) is 14.3. The summed E-state index contributed by atoms with van der Waals surface area (Å²) in [4.78, 5) is 17.3. The molecule has 144 valence electrons. The van der Waals surface area contributed by atoms with Crippen molar-refractivity contribution in [1.29, 1.82) is 0 Å². The minimum absolute atomic E-state index is 0.195. The molecule has 6 heteroatoms. The van der Waals surface area contributed by atoms with Crippen molar-refractivity contribution in [2.45, 2.75) is 25.3 Å². The molecule has 1 atom stereocenters. The van der Waals surface area contributed by atoms with E-state index >= 15 is 0 Å². The number of fused-ring (bicyclic) bond motifs is 3. The third kappa shape index (κ3) is 3.45. The van der Waals surface area contributed by atoms with Crippen LogP contribution in [0.4, 0.5) is 0 Å². The van der Waals surface area contributed by atoms with Gasteiger partial charge in [0, 0.05) is 30.6 Å². The van der Waals surface area contributed by atoms with Crippen LogP contribution in [0.2, 0.25) is 0 Å². The molecule has 2 aromatic carbocycles. The summed E-state index contributed by atoms with van der Waals surface area (Å²) in [5.41, 5.74) is 3.76. The van der Waals surface area contributed by atoms with Crippen LogP contribution in [0, 0.1) is 0 Å². The van der Waals surface area contributed by atoms with Gasteiger partial charge >= 0.3 is 0 Å². The Morgan fingerprint density at radius 2 is 1.97 bits per heavy atom. The van der Waals surface area contributed by atoms with Gasteiger partial charge in [0.1, 0.15) is 11.6 Å². The van der Waals surface area contributed by atoms with Crippen LogP contribution in [0.25, 0.3) is 5.69 Å². The maximum absolute atomic E-state index is 12.8. The van der Waals surface area contributed by atoms with Crippen molar-refractivity contribution < 1.29 is 9.32 Å². The molecule has 5 rings (SSSR count). The fourth-order valence-electron chi connectivity index (χ4n) is 3.83. The van der Waals surface area contributed by atoms with E-state index in [9.17, 15) is 4.79 Å². The SMILES string of the molecule is O=C(N[C@H]1CCc2ccccc2-n2ccnc21)c1cc(Cc2ccccc2)on1. The fraction of sp³-hybridized carbons (Fsp3) is 0.174. The predicted octanol–water partition coefficient (Wildman–Crippen LogP) is 3.87. The van der Waals surface area contributed by atoms with E-state index in [1.165, 1.54) is 5.56 Å². The summed E-state index contributed by atoms with van der Waals surface area (Å²) in [6.45, 7) is 0. The highest BCUT2D eigenvalue weighted by atomic mass is 16.5. The Morgan fingerprint density at radius 1 is 1.14 bits per heavy atom. The van der Waals surface area contributed by atoms with Crippen LogP contribution in [0.15, 0.2) is 77.6 Å². The number of para-hydroxylation sites is 1. The Kier molecular flexibility index (Phi) is 4.44. The average molecular weight is 384 g/mol. The lowest BCUT2D eigenvalue weighted by Crippen LogP contribution is -2.30. The zero-order valence-electron chi connectivity index (χ0n) is 15.8. The van der Waals surface area contributed by atoms with E-state index < -0.39 is 0 Å². The van der Waals surface area contributed by atoms with Crippen LogP contribution in [0.5, 0.6) is 0 Å². The monoisotopic (exact) mass is 384 g/mol. The summed E-state index contributed by atoms with van der Waals surface area (Å²) in [6, 6.07) is 19.7. The smallest absolute Gasteiger partial charge is 0.274 e. The first kappa shape index (κ1) is 17.4. The van der Waals surface area contributed by atoms with Gasteiger partial charge in [-0.25, -0.2) is 4.98 Å². The summed E-state index contributed by atoms with van der Waals surface area (Å²) in [5.74, 6) is 1.24. The Bertz CT molecular complexity index is 1150. The number of aromatic nitrogens is 3. The molecular weight excluding hydrogens is 364 g/mol. The molecule has 1 aliphatic heterocycles. The first-order valence-corrected chi connectivity index (χ1v) is 9.70. The highest BCUT2D eigenvalue weighted by Crippen LogP contribution is 2.29. The molecule has 2 aromatic heterocycles. The van der Waals surface area contributed by atoms with Crippen molar-refractivity contribution in [3.63, 3.8) is 0 Å². The van der Waals surface area contributed by atoms with Gasteiger partial charge in [-0.2, -0.15) is 0 Å². The van der Waals surface area contributed by atoms with E-state index in [1.54, 1.807) is 12.3 Å². The molecule has 0 spiro atoms. The number of nitrogens with one attached hydrogen (secondary N) is 1. The molecule has 0 aliphatic carbocycles. The van der Waals surface area contributed by atoms with Gasteiger partial charge in [0.15, 0.2) is 5.69 Å². The molecule has 0 unspecified atom stereocenters. The van der Waals surface area contributed by atoms with Crippen LogP contribution in [0.1, 0.15) is 45.7 Å². The zero-order chi connectivity index (χ0) is 19.6. The number of amides is 1. The summed E-state index contributed by atoms with van der Waals surface area (Å²) in [7, 11) is 0. The molecule has 1 aliphatic rings. The van der Waals surface area contributed by atoms with E-state index in [4.69, 9.17) is 4.52 Å². The van der Waals surface area contributed by atoms with Crippen LogP contribution < -0.4 is 5.32 Å². The second-order valence-electron chi connectivity index (χ2n) is 7.19. The Labute approximate surface area is 168 Å². The number of hydrogen-bond acceptors (Lipinski definition) is 4. The molecule has 1 N–H and O–H groups in total. The summed E-state index contributed by atoms with van der Waals surface area (Å²) in [6.07, 6.45) is 5.94. The number of carbonyl (C=O) groups is 1. The number of imidazole rings is 1. The largest absolute Gasteiger partial charge is 0.360 e. The highest BCUT2D eigenvalue weighted by molar-refractivity contribution is 5.92. The molecule has 4 aromatic rings. The number of carbonyl (C=O) groups excluding carboxylic acids is 1. The maximum Gasteiger partial charge on any atom is 0.274 e. The van der Waals surface area contributed by atoms with Crippen LogP contribution in [0.3, 0.4) is 0 Å². The zero-order valence-corrected chi connectivity index (χ0v) is 15.8. The van der Waals surface area contributed by atoms with Gasteiger partial charge in [-0.05, 0) is 30.0 Å². The van der Waals surface area contributed by atoms with Crippen LogP contribution in [-0.2, 0) is 12.8 Å². The van der Waals surface area contributed by atoms with Gasteiger partial charge in [-0.1, -0.05) is 53.7 Å². The summed E-state index contributed by atoms with van der Waals surface area (Å²) < 4.78 is 7.43. The topological polar surface area (TPSA) is 73.0 Å². The van der Waals surface area contributed by atoms with Crippen molar-refractivity contribution in [2.24, 2.45) is 0 Å². The van der Waals surface area contributed by atoms with Gasteiger partial charge in [0.2, 0.25) is 0 Å². The fourth-order valence-corrected chi connectivity index (χ4v) is 3.83. The lowest BCUT2D eigenvalue weighted by Gasteiger charge is -2.15. The number of benzene rings is 2. The molecule has 0 saturated heterocycles. The molecule has 0 saturated carbocycles. The van der Waals surface area contributed by atoms with Crippen molar-refractivity contribution >= 4 is 5.91 Å². The number of rotatable bonds is 4. The van der Waals surface area contributed by atoms with Gasteiger partial charge in [-0.15, -0.1) is 0 Å². The number of nitrogens with zero attached hydrogens (tertiary/aromatic N) is 3. The molecule has 6 nitrogen and oxygen atoms in total. The van der Waals surface area contributed by atoms with Crippen molar-refractivity contribution in [1.82, 2.24) is 20.0 Å². The maximum atomic E-state index is 12.8. The van der Waals surface area contributed by atoms with Gasteiger partial charge in [0.25, 0.3) is 5.91 Å². The van der Waals surface area contributed by atoms with Gasteiger partial charge in [-0.3, -0.25) is 4.79 Å². The van der Waals surface area contributed by atoms with Crippen LogP contribution >= 0.6 is 0 Å². The minimum Gasteiger partial charge on any atom is -0.360 e. The van der Waals surface area contributed by atoms with E-state index in [0.717, 1.165) is 29.9 Å². The van der Waals surface area contributed by atoms with E-state index in [2.05, 4.69) is 32.2 Å². The summed E-state index contributed by atoms with van der Waals surface area (Å²) >= 11 is 0. The van der Waals surface area contributed by atoms with Crippen molar-refractivity contribution in [3.8, 4) is 5.69 Å². The Morgan fingerprint density at radius 3 is 2.86 bits per heavy atom. The third-order valence-corrected chi connectivity index (χ3v) is 5.25. The third-order valence-electron chi connectivity index (χ3n) is 5.25. The van der Waals surface area contributed by atoms with Crippen molar-refractivity contribution in [3.05, 3.63) is 101 Å². The summed E-state index contributed by atoms with van der Waals surface area (Å²) in [5, 5.41) is 7.05. The van der Waals surface area contributed by atoms with Crippen molar-refractivity contribution in [2.75, 3.05) is 0 Å². The molecule has 0 bridgehead atoms. The average Bonchev–Trinajstić information content (AvgIpc) is 3.39. The van der Waals surface area contributed by atoms with Gasteiger partial charge < -0.3 is 14.4 Å². The standard InChI is InChI=1S/C23H20N4O2/c28-23(20-15-18(29-26-20)14-16-6-2-1-3-7-16)25-19-11-10-17-8-4-5-9-21(17)27-13-12-24-22(19)27/h1-9,12-13,15,19H,10-11,14H2,(H,25,28)/t19-/m0/s1. The quantitative estimate of drug-likeness (QED) is 0.580. The molecule has 0 radical (unpaired) electrons. The van der Waals surface area contributed by atoms with E-state index in [0.29, 0.717) is 12.2 Å². The molecule has 29 heavy (non-hydrogen) atoms. The Balaban J connectivity index is 1.34. The molecule has 0 fully saturated rings. The lowest BCUT2D eigenvalue weighted by atomic mass is 10.1. The number of aryl methyl sites for hydroxylation is 1. The molecular formula is C23H20N4O2. The van der Waals surface area contributed by atoms with E-state index in [-0.39, 0.29) is 17.6 Å². The number of hydrogen-bond donors (Lipinski definition) is 1. The Hall–Kier alpha value is -3.67. The normalized spacial score (nSPS) is 15.2. The van der Waals surface area contributed by atoms with E-state index in [1.807, 2.05) is 48.7 Å². The molecule has 1 amide bonds. The lowest BCUT2D eigenvalue weighted by molar-refractivity contribution is 0.0923.